The Morgan fingerprint density at radius 2 is 1.76 bits per heavy atom. The van der Waals surface area contributed by atoms with Gasteiger partial charge in [-0.2, -0.15) is 0 Å². The summed E-state index contributed by atoms with van der Waals surface area (Å²) in [7, 11) is 0. The van der Waals surface area contributed by atoms with Crippen LogP contribution in [0.2, 0.25) is 0 Å². The third kappa shape index (κ3) is 2.33. The number of alkyl halides is 1. The lowest BCUT2D eigenvalue weighted by molar-refractivity contribution is 0.454. The average Bonchev–Trinajstić information content (AvgIpc) is 2.24. The van der Waals surface area contributed by atoms with Gasteiger partial charge in [0.1, 0.15) is 16.7 Å². The van der Waals surface area contributed by atoms with Crippen LogP contribution in [-0.2, 0) is 0 Å². The number of anilines is 1. The van der Waals surface area contributed by atoms with Gasteiger partial charge in [-0.1, -0.05) is 23.7 Å². The van der Waals surface area contributed by atoms with Gasteiger partial charge in [-0.3, -0.25) is 0 Å². The quantitative estimate of drug-likeness (QED) is 0.461. The molecule has 1 unspecified atom stereocenters. The molecule has 0 fully saturated rings. The van der Waals surface area contributed by atoms with E-state index in [4.69, 9.17) is 23.1 Å². The highest BCUT2D eigenvalue weighted by molar-refractivity contribution is 6.25. The SMILES string of the molecule is Nc1ccc(C2=C(F)CC(N)(Cl)C(F)=C2)cc1. The molecular formula is C12H11ClF2N2. The number of rotatable bonds is 1. The smallest absolute Gasteiger partial charge is 0.149 e. The summed E-state index contributed by atoms with van der Waals surface area (Å²) in [5, 5.41) is 0. The Hall–Kier alpha value is -1.39. The lowest BCUT2D eigenvalue weighted by Gasteiger charge is -2.24. The van der Waals surface area contributed by atoms with Crippen LogP contribution in [0.1, 0.15) is 12.0 Å². The topological polar surface area (TPSA) is 52.0 Å². The van der Waals surface area contributed by atoms with Gasteiger partial charge in [0.25, 0.3) is 0 Å². The van der Waals surface area contributed by atoms with Crippen LogP contribution in [0.3, 0.4) is 0 Å². The Balaban J connectivity index is 2.44. The molecule has 0 saturated carbocycles. The van der Waals surface area contributed by atoms with E-state index in [1.54, 1.807) is 24.3 Å². The molecule has 1 aromatic rings. The molecular weight excluding hydrogens is 246 g/mol. The minimum absolute atomic E-state index is 0.157. The minimum Gasteiger partial charge on any atom is -0.399 e. The van der Waals surface area contributed by atoms with E-state index in [0.717, 1.165) is 6.08 Å². The van der Waals surface area contributed by atoms with Crippen LogP contribution in [0.25, 0.3) is 5.57 Å². The Morgan fingerprint density at radius 1 is 1.18 bits per heavy atom. The van der Waals surface area contributed by atoms with Crippen LogP contribution in [0.4, 0.5) is 14.5 Å². The summed E-state index contributed by atoms with van der Waals surface area (Å²) in [6, 6.07) is 6.47. The summed E-state index contributed by atoms with van der Waals surface area (Å²) >= 11 is 5.64. The standard InChI is InChI=1S/C12H11ClF2N2/c13-12(17)6-10(14)9(5-11(12)15)7-1-3-8(16)4-2-7/h1-5H,6,16-17H2. The molecule has 0 aliphatic heterocycles. The largest absolute Gasteiger partial charge is 0.399 e. The third-order valence-corrected chi connectivity index (χ3v) is 2.91. The van der Waals surface area contributed by atoms with Gasteiger partial charge in [-0.15, -0.1) is 0 Å². The van der Waals surface area contributed by atoms with Crippen molar-refractivity contribution in [2.24, 2.45) is 5.73 Å². The Kier molecular flexibility index (Phi) is 2.93. The zero-order chi connectivity index (χ0) is 12.6. The summed E-state index contributed by atoms with van der Waals surface area (Å²) in [4.78, 5) is -1.78. The van der Waals surface area contributed by atoms with Crippen LogP contribution in [0.5, 0.6) is 0 Å². The predicted octanol–water partition coefficient (Wildman–Crippen LogP) is 3.10. The average molecular weight is 257 g/mol. The summed E-state index contributed by atoms with van der Waals surface area (Å²) in [5.74, 6) is -1.28. The predicted molar refractivity (Wildman–Crippen MR) is 65.5 cm³/mol. The van der Waals surface area contributed by atoms with Crippen LogP contribution < -0.4 is 11.5 Å². The van der Waals surface area contributed by atoms with Crippen molar-refractivity contribution < 1.29 is 8.78 Å². The molecule has 17 heavy (non-hydrogen) atoms. The number of allylic oxidation sites excluding steroid dienone is 2. The molecule has 0 amide bonds. The maximum Gasteiger partial charge on any atom is 0.149 e. The highest BCUT2D eigenvalue weighted by Crippen LogP contribution is 2.39. The molecule has 1 atom stereocenters. The Labute approximate surface area is 103 Å². The normalized spacial score (nSPS) is 24.8. The third-order valence-electron chi connectivity index (χ3n) is 2.59. The van der Waals surface area contributed by atoms with Gasteiger partial charge >= 0.3 is 0 Å². The molecule has 0 saturated heterocycles. The maximum absolute atomic E-state index is 13.8. The molecule has 2 rings (SSSR count). The van der Waals surface area contributed by atoms with E-state index >= 15 is 0 Å². The van der Waals surface area contributed by atoms with E-state index in [1.165, 1.54) is 0 Å². The van der Waals surface area contributed by atoms with E-state index in [9.17, 15) is 8.78 Å². The van der Waals surface area contributed by atoms with E-state index in [2.05, 4.69) is 0 Å². The van der Waals surface area contributed by atoms with E-state index in [0.29, 0.717) is 11.3 Å². The van der Waals surface area contributed by atoms with Crippen molar-refractivity contribution in [1.82, 2.24) is 0 Å². The number of benzene rings is 1. The summed E-state index contributed by atoms with van der Waals surface area (Å²) in [6.45, 7) is 0. The lowest BCUT2D eigenvalue weighted by Crippen LogP contribution is -2.35. The van der Waals surface area contributed by atoms with E-state index in [1.807, 2.05) is 0 Å². The van der Waals surface area contributed by atoms with Crippen molar-refractivity contribution in [3.05, 3.63) is 47.6 Å². The molecule has 0 heterocycles. The van der Waals surface area contributed by atoms with Crippen LogP contribution >= 0.6 is 11.6 Å². The van der Waals surface area contributed by atoms with E-state index in [-0.39, 0.29) is 12.0 Å². The summed E-state index contributed by atoms with van der Waals surface area (Å²) in [6.07, 6.45) is 0.661. The lowest BCUT2D eigenvalue weighted by atomic mass is 9.95. The Morgan fingerprint density at radius 3 is 2.35 bits per heavy atom. The maximum atomic E-state index is 13.8. The van der Waals surface area contributed by atoms with Gasteiger partial charge in [0.05, 0.1) is 0 Å². The second-order valence-corrected chi connectivity index (χ2v) is 4.65. The zero-order valence-corrected chi connectivity index (χ0v) is 9.64. The fraction of sp³-hybridized carbons (Fsp3) is 0.167. The first kappa shape index (κ1) is 12.1. The first-order chi connectivity index (χ1) is 7.90. The molecule has 5 heteroatoms. The zero-order valence-electron chi connectivity index (χ0n) is 8.88. The van der Waals surface area contributed by atoms with Gasteiger partial charge in [-0.05, 0) is 23.8 Å². The fourth-order valence-electron chi connectivity index (χ4n) is 1.63. The van der Waals surface area contributed by atoms with Crippen LogP contribution in [-0.4, -0.2) is 5.00 Å². The van der Waals surface area contributed by atoms with E-state index < -0.39 is 16.7 Å². The van der Waals surface area contributed by atoms with Crippen molar-refractivity contribution in [1.29, 1.82) is 0 Å². The first-order valence-electron chi connectivity index (χ1n) is 5.00. The van der Waals surface area contributed by atoms with Gasteiger partial charge in [0.2, 0.25) is 0 Å². The molecule has 2 nitrogen and oxygen atoms in total. The van der Waals surface area contributed by atoms with Gasteiger partial charge < -0.3 is 11.5 Å². The second-order valence-electron chi connectivity index (χ2n) is 3.97. The molecule has 0 spiro atoms. The highest BCUT2D eigenvalue weighted by atomic mass is 35.5. The first-order valence-corrected chi connectivity index (χ1v) is 5.38. The van der Waals surface area contributed by atoms with Crippen molar-refractivity contribution in [2.45, 2.75) is 11.4 Å². The number of halogens is 3. The number of hydrogen-bond acceptors (Lipinski definition) is 2. The molecule has 0 aromatic heterocycles. The van der Waals surface area contributed by atoms with Crippen molar-refractivity contribution in [2.75, 3.05) is 5.73 Å². The monoisotopic (exact) mass is 256 g/mol. The van der Waals surface area contributed by atoms with Gasteiger partial charge in [0, 0.05) is 17.7 Å². The van der Waals surface area contributed by atoms with Gasteiger partial charge in [0.15, 0.2) is 0 Å². The van der Waals surface area contributed by atoms with Crippen molar-refractivity contribution in [3.8, 4) is 0 Å². The Bertz CT molecular complexity index is 504. The summed E-state index contributed by atoms with van der Waals surface area (Å²) in [5.41, 5.74) is 12.2. The van der Waals surface area contributed by atoms with Gasteiger partial charge in [-0.25, -0.2) is 8.78 Å². The highest BCUT2D eigenvalue weighted by Gasteiger charge is 2.34. The second kappa shape index (κ2) is 4.13. The number of nitrogens with two attached hydrogens (primary N) is 2. The molecule has 1 aliphatic rings. The van der Waals surface area contributed by atoms with Crippen LogP contribution in [0, 0.1) is 0 Å². The fourth-order valence-corrected chi connectivity index (χ4v) is 1.81. The molecule has 4 N–H and O–H groups in total. The molecule has 0 radical (unpaired) electrons. The minimum atomic E-state index is -1.78. The van der Waals surface area contributed by atoms with Crippen LogP contribution in [0.15, 0.2) is 42.0 Å². The molecule has 0 bridgehead atoms. The molecule has 90 valence electrons. The number of hydrogen-bond donors (Lipinski definition) is 2. The number of nitrogen functional groups attached to an aromatic ring is 1. The van der Waals surface area contributed by atoms with Crippen molar-refractivity contribution >= 4 is 22.9 Å². The summed E-state index contributed by atoms with van der Waals surface area (Å²) < 4.78 is 27.3. The van der Waals surface area contributed by atoms with Crippen molar-refractivity contribution in [3.63, 3.8) is 0 Å². The molecule has 1 aromatic carbocycles. The molecule has 1 aliphatic carbocycles.